The molecular weight excluding hydrogens is 302 g/mol. The molecule has 0 aromatic heterocycles. The maximum Gasteiger partial charge on any atom is 0.191 e. The molecule has 5 nitrogen and oxygen atoms in total. The van der Waals surface area contributed by atoms with E-state index in [9.17, 15) is 0 Å². The Morgan fingerprint density at radius 1 is 1.29 bits per heavy atom. The molecule has 0 radical (unpaired) electrons. The first kappa shape index (κ1) is 18.6. The Kier molecular flexibility index (Phi) is 7.89. The summed E-state index contributed by atoms with van der Waals surface area (Å²) in [6.45, 7) is 7.41. The van der Waals surface area contributed by atoms with Crippen molar-refractivity contribution in [2.24, 2.45) is 10.9 Å². The van der Waals surface area contributed by atoms with Gasteiger partial charge in [0.25, 0.3) is 0 Å². The molecule has 0 spiro atoms. The summed E-state index contributed by atoms with van der Waals surface area (Å²) in [6.07, 6.45) is 3.74. The number of hydrogen-bond acceptors (Lipinski definition) is 3. The van der Waals surface area contributed by atoms with Crippen molar-refractivity contribution < 1.29 is 9.47 Å². The molecule has 1 saturated carbocycles. The Balaban J connectivity index is 1.57. The van der Waals surface area contributed by atoms with E-state index in [0.29, 0.717) is 6.54 Å². The van der Waals surface area contributed by atoms with Crippen molar-refractivity contribution in [2.45, 2.75) is 39.2 Å². The predicted octanol–water partition coefficient (Wildman–Crippen LogP) is 2.74. The van der Waals surface area contributed by atoms with Crippen LogP contribution in [-0.4, -0.2) is 45.4 Å². The molecule has 5 heteroatoms. The lowest BCUT2D eigenvalue weighted by atomic mass is 10.2. The van der Waals surface area contributed by atoms with Gasteiger partial charge in [-0.2, -0.15) is 0 Å². The van der Waals surface area contributed by atoms with Crippen LogP contribution in [0.25, 0.3) is 0 Å². The first-order chi connectivity index (χ1) is 11.7. The summed E-state index contributed by atoms with van der Waals surface area (Å²) < 4.78 is 11.6. The number of aliphatic imine (C=N–C) groups is 1. The van der Waals surface area contributed by atoms with Gasteiger partial charge in [0.2, 0.25) is 0 Å². The van der Waals surface area contributed by atoms with Crippen LogP contribution in [0.2, 0.25) is 0 Å². The maximum atomic E-state index is 5.96. The summed E-state index contributed by atoms with van der Waals surface area (Å²) in [6, 6.07) is 8.07. The van der Waals surface area contributed by atoms with E-state index >= 15 is 0 Å². The molecule has 0 saturated heterocycles. The number of rotatable bonds is 10. The van der Waals surface area contributed by atoms with Gasteiger partial charge in [-0.25, -0.2) is 0 Å². The van der Waals surface area contributed by atoms with Gasteiger partial charge in [-0.05, 0) is 50.7 Å². The molecular formula is C19H31N3O2. The Morgan fingerprint density at radius 3 is 2.79 bits per heavy atom. The predicted molar refractivity (Wildman–Crippen MR) is 98.8 cm³/mol. The molecule has 2 rings (SSSR count). The lowest BCUT2D eigenvalue weighted by Crippen LogP contribution is -2.42. The Morgan fingerprint density at radius 2 is 2.08 bits per heavy atom. The van der Waals surface area contributed by atoms with Gasteiger partial charge in [-0.15, -0.1) is 0 Å². The third kappa shape index (κ3) is 7.21. The molecule has 1 aliphatic carbocycles. The van der Waals surface area contributed by atoms with Crippen molar-refractivity contribution in [1.82, 2.24) is 10.6 Å². The van der Waals surface area contributed by atoms with Crippen LogP contribution in [0.3, 0.4) is 0 Å². The Hall–Kier alpha value is -1.75. The average molecular weight is 333 g/mol. The van der Waals surface area contributed by atoms with Gasteiger partial charge in [0, 0.05) is 26.8 Å². The zero-order chi connectivity index (χ0) is 17.2. The Bertz CT molecular complexity index is 515. The van der Waals surface area contributed by atoms with Gasteiger partial charge >= 0.3 is 0 Å². The van der Waals surface area contributed by atoms with Gasteiger partial charge in [0.05, 0.1) is 6.54 Å². The first-order valence-electron chi connectivity index (χ1n) is 8.93. The molecule has 0 bridgehead atoms. The van der Waals surface area contributed by atoms with Crippen LogP contribution in [0.5, 0.6) is 5.75 Å². The van der Waals surface area contributed by atoms with Crippen LogP contribution < -0.4 is 15.4 Å². The van der Waals surface area contributed by atoms with E-state index in [4.69, 9.17) is 9.47 Å². The fourth-order valence-corrected chi connectivity index (χ4v) is 2.32. The van der Waals surface area contributed by atoms with Gasteiger partial charge in [-0.3, -0.25) is 4.99 Å². The highest BCUT2D eigenvalue weighted by atomic mass is 16.5. The van der Waals surface area contributed by atoms with Crippen LogP contribution in [0.4, 0.5) is 0 Å². The van der Waals surface area contributed by atoms with Crippen LogP contribution in [0.15, 0.2) is 29.3 Å². The minimum atomic E-state index is 0.0616. The largest absolute Gasteiger partial charge is 0.489 e. The minimum Gasteiger partial charge on any atom is -0.489 e. The minimum absolute atomic E-state index is 0.0616. The number of hydrogen-bond donors (Lipinski definition) is 2. The summed E-state index contributed by atoms with van der Waals surface area (Å²) in [5, 5.41) is 6.61. The Labute approximate surface area is 145 Å². The second-order valence-electron chi connectivity index (χ2n) is 6.45. The molecule has 134 valence electrons. The second kappa shape index (κ2) is 10.2. The average Bonchev–Trinajstić information content (AvgIpc) is 3.40. The van der Waals surface area contributed by atoms with E-state index in [-0.39, 0.29) is 6.10 Å². The molecule has 1 atom stereocenters. The summed E-state index contributed by atoms with van der Waals surface area (Å²) >= 11 is 0. The number of nitrogens with zero attached hydrogens (tertiary/aromatic N) is 1. The van der Waals surface area contributed by atoms with Crippen molar-refractivity contribution in [3.05, 3.63) is 29.8 Å². The SMILES string of the molecule is CN=C(NCCCOCC1CC1)NCC(C)Oc1ccccc1C. The van der Waals surface area contributed by atoms with Crippen LogP contribution in [-0.2, 0) is 4.74 Å². The van der Waals surface area contributed by atoms with E-state index < -0.39 is 0 Å². The lowest BCUT2D eigenvalue weighted by Gasteiger charge is -2.18. The number of benzene rings is 1. The molecule has 0 aliphatic heterocycles. The molecule has 2 N–H and O–H groups in total. The van der Waals surface area contributed by atoms with Crippen LogP contribution >= 0.6 is 0 Å². The number of nitrogens with one attached hydrogen (secondary N) is 2. The smallest absolute Gasteiger partial charge is 0.191 e. The zero-order valence-corrected chi connectivity index (χ0v) is 15.2. The highest BCUT2D eigenvalue weighted by Gasteiger charge is 2.20. The van der Waals surface area contributed by atoms with Gasteiger partial charge in [0.15, 0.2) is 5.96 Å². The summed E-state index contributed by atoms with van der Waals surface area (Å²) in [5.74, 6) is 2.57. The summed E-state index contributed by atoms with van der Waals surface area (Å²) in [7, 11) is 1.78. The number of guanidine groups is 1. The molecule has 1 unspecified atom stereocenters. The van der Waals surface area contributed by atoms with Crippen molar-refractivity contribution >= 4 is 5.96 Å². The normalized spacial score (nSPS) is 15.9. The van der Waals surface area contributed by atoms with Gasteiger partial charge in [-0.1, -0.05) is 18.2 Å². The molecule has 1 aliphatic rings. The maximum absolute atomic E-state index is 5.96. The topological polar surface area (TPSA) is 54.9 Å². The van der Waals surface area contributed by atoms with Crippen LogP contribution in [0.1, 0.15) is 31.7 Å². The first-order valence-corrected chi connectivity index (χ1v) is 8.93. The molecule has 0 heterocycles. The highest BCUT2D eigenvalue weighted by molar-refractivity contribution is 5.79. The van der Waals surface area contributed by atoms with E-state index in [2.05, 4.69) is 35.5 Å². The lowest BCUT2D eigenvalue weighted by molar-refractivity contribution is 0.123. The van der Waals surface area contributed by atoms with Crippen molar-refractivity contribution in [2.75, 3.05) is 33.4 Å². The molecule has 1 fully saturated rings. The fraction of sp³-hybridized carbons (Fsp3) is 0.632. The van der Waals surface area contributed by atoms with Crippen molar-refractivity contribution in [1.29, 1.82) is 0 Å². The standard InChI is InChI=1S/C19H31N3O2/c1-15-7-4-5-8-18(15)24-16(2)13-22-19(20-3)21-11-6-12-23-14-17-9-10-17/h4-5,7-8,16-17H,6,9-14H2,1-3H3,(H2,20,21,22). The van der Waals surface area contributed by atoms with Gasteiger partial charge < -0.3 is 20.1 Å². The monoisotopic (exact) mass is 333 g/mol. The second-order valence-corrected chi connectivity index (χ2v) is 6.45. The third-order valence-corrected chi connectivity index (χ3v) is 4.01. The number of para-hydroxylation sites is 1. The summed E-state index contributed by atoms with van der Waals surface area (Å²) in [4.78, 5) is 4.24. The third-order valence-electron chi connectivity index (χ3n) is 4.01. The van der Waals surface area contributed by atoms with E-state index in [0.717, 1.165) is 49.4 Å². The van der Waals surface area contributed by atoms with E-state index in [1.54, 1.807) is 7.05 Å². The molecule has 0 amide bonds. The quantitative estimate of drug-likeness (QED) is 0.393. The summed E-state index contributed by atoms with van der Waals surface area (Å²) in [5.41, 5.74) is 1.15. The van der Waals surface area contributed by atoms with Gasteiger partial charge in [0.1, 0.15) is 11.9 Å². The number of aryl methyl sites for hydroxylation is 1. The zero-order valence-electron chi connectivity index (χ0n) is 15.2. The van der Waals surface area contributed by atoms with Crippen molar-refractivity contribution in [3.8, 4) is 5.75 Å². The van der Waals surface area contributed by atoms with Crippen LogP contribution in [0, 0.1) is 12.8 Å². The highest BCUT2D eigenvalue weighted by Crippen LogP contribution is 2.28. The van der Waals surface area contributed by atoms with Crippen molar-refractivity contribution in [3.63, 3.8) is 0 Å². The fourth-order valence-electron chi connectivity index (χ4n) is 2.32. The van der Waals surface area contributed by atoms with E-state index in [1.165, 1.54) is 12.8 Å². The molecule has 1 aromatic carbocycles. The molecule has 24 heavy (non-hydrogen) atoms. The molecule has 1 aromatic rings. The van der Waals surface area contributed by atoms with E-state index in [1.807, 2.05) is 18.2 Å². The number of ether oxygens (including phenoxy) is 2.